The van der Waals surface area contributed by atoms with Crippen LogP contribution in [0, 0.1) is 17.3 Å². The first-order valence-electron chi connectivity index (χ1n) is 13.5. The van der Waals surface area contributed by atoms with Crippen molar-refractivity contribution in [2.75, 3.05) is 32.8 Å². The summed E-state index contributed by atoms with van der Waals surface area (Å²) in [7, 11) is -2.58. The van der Waals surface area contributed by atoms with Crippen LogP contribution in [-0.4, -0.2) is 90.0 Å². The van der Waals surface area contributed by atoms with Crippen LogP contribution in [0.3, 0.4) is 0 Å². The number of phosphoric ester groups is 1. The number of hydrogen-bond acceptors (Lipinski definition) is 15. The first-order valence-corrected chi connectivity index (χ1v) is 15.0. The Morgan fingerprint density at radius 2 is 1.71 bits per heavy atom. The Balaban J connectivity index is 1.50. The average Bonchev–Trinajstić information content (AvgIpc) is 3.22. The topological polar surface area (TPSA) is 234 Å². The molecule has 246 valence electrons. The van der Waals surface area contributed by atoms with Crippen LogP contribution in [-0.2, 0) is 61.3 Å². The Labute approximate surface area is 255 Å². The number of phosphoric acid groups is 1. The number of carbonyl (C=O) groups excluding carboxylic acids is 5. The molecule has 1 saturated heterocycles. The normalized spacial score (nSPS) is 29.4. The van der Waals surface area contributed by atoms with E-state index in [-0.39, 0.29) is 11.4 Å². The highest BCUT2D eigenvalue weighted by Crippen LogP contribution is 2.70. The first kappa shape index (κ1) is 33.9. The molecule has 2 heterocycles. The number of nitrogens with zero attached hydrogens (tertiary/aromatic N) is 2. The van der Waals surface area contributed by atoms with Crippen molar-refractivity contribution in [2.24, 2.45) is 17.3 Å². The van der Waals surface area contributed by atoms with Crippen LogP contribution in [0.25, 0.3) is 0 Å². The van der Waals surface area contributed by atoms with E-state index in [0.29, 0.717) is 6.42 Å². The zero-order valence-corrected chi connectivity index (χ0v) is 25.7. The number of fused-ring (bicyclic) bond motifs is 1. The van der Waals surface area contributed by atoms with Crippen LogP contribution in [0.2, 0.25) is 0 Å². The molecular weight excluding hydrogens is 625 g/mol. The number of hydrogen-bond donors (Lipinski definition) is 2. The van der Waals surface area contributed by atoms with Crippen LogP contribution in [0.1, 0.15) is 33.4 Å². The van der Waals surface area contributed by atoms with Crippen molar-refractivity contribution in [3.05, 3.63) is 34.4 Å². The fourth-order valence-electron chi connectivity index (χ4n) is 5.85. The van der Waals surface area contributed by atoms with Crippen molar-refractivity contribution in [2.45, 2.75) is 51.7 Å². The highest BCUT2D eigenvalue weighted by Gasteiger charge is 2.75. The number of ether oxygens (including phenoxy) is 5. The Hall–Kier alpha value is -3.96. The lowest BCUT2D eigenvalue weighted by molar-refractivity contribution is -0.165. The number of esters is 4. The molecule has 19 heteroatoms. The zero-order chi connectivity index (χ0) is 33.3. The van der Waals surface area contributed by atoms with E-state index in [4.69, 9.17) is 32.7 Å². The number of methoxy groups -OCH3 is 2. The van der Waals surface area contributed by atoms with Gasteiger partial charge in [0.1, 0.15) is 17.3 Å². The third kappa shape index (κ3) is 6.84. The van der Waals surface area contributed by atoms with Gasteiger partial charge in [-0.15, -0.1) is 0 Å². The maximum atomic E-state index is 12.9. The van der Waals surface area contributed by atoms with E-state index >= 15 is 0 Å². The predicted octanol–water partition coefficient (Wildman–Crippen LogP) is 0.00460. The molecule has 4 unspecified atom stereocenters. The quantitative estimate of drug-likeness (QED) is 0.171. The largest absolute Gasteiger partial charge is 0.472 e. The molecule has 2 N–H and O–H groups in total. The third-order valence-corrected chi connectivity index (χ3v) is 8.56. The molecule has 4 rings (SSSR count). The average molecular weight is 658 g/mol. The van der Waals surface area contributed by atoms with Crippen LogP contribution >= 0.6 is 7.82 Å². The summed E-state index contributed by atoms with van der Waals surface area (Å²) in [4.78, 5) is 87.2. The van der Waals surface area contributed by atoms with Gasteiger partial charge in [-0.1, -0.05) is 6.08 Å². The summed E-state index contributed by atoms with van der Waals surface area (Å²) in [5.41, 5.74) is -2.25. The van der Waals surface area contributed by atoms with E-state index in [1.807, 2.05) is 0 Å². The molecule has 0 bridgehead atoms. The standard InChI is InChI=1S/C26H32N3O15P/c1-12(30)27-19-8-9-29(25(35)28-19)22-21(43-14(3)32)20(42-13(2)31)18(44-22)11-41-45(36,37)40-10-17-15-6-7-16(23(33)38-4)26(15,17)24(34)39-5/h7-9,15,17-18,20-22H,6,10-11H2,1-5H3,(H,36,37)(H,27,28,30,35)/t15?,17?,18-,20-,21-,22-,26?/m1/s1. The third-order valence-electron chi connectivity index (χ3n) is 7.61. The van der Waals surface area contributed by atoms with Crippen LogP contribution in [0.5, 0.6) is 0 Å². The summed E-state index contributed by atoms with van der Waals surface area (Å²) < 4.78 is 50.2. The second-order valence-electron chi connectivity index (χ2n) is 10.4. The first-order chi connectivity index (χ1) is 21.2. The maximum absolute atomic E-state index is 12.9. The molecule has 8 atom stereocenters. The van der Waals surface area contributed by atoms with E-state index in [9.17, 15) is 38.2 Å². The summed E-state index contributed by atoms with van der Waals surface area (Å²) in [6, 6.07) is 1.27. The smallest absolute Gasteiger partial charge is 0.468 e. The molecule has 1 aromatic heterocycles. The highest BCUT2D eigenvalue weighted by atomic mass is 31.2. The molecule has 1 aromatic rings. The number of amides is 1. The number of rotatable bonds is 12. The number of allylic oxidation sites excluding steroid dienone is 1. The molecule has 0 aromatic carbocycles. The van der Waals surface area contributed by atoms with E-state index in [2.05, 4.69) is 10.3 Å². The minimum atomic E-state index is -4.88. The fourth-order valence-corrected chi connectivity index (χ4v) is 6.60. The molecular formula is C26H32N3O15P. The van der Waals surface area contributed by atoms with Gasteiger partial charge in [0, 0.05) is 32.9 Å². The molecule has 2 fully saturated rings. The Morgan fingerprint density at radius 1 is 1.07 bits per heavy atom. The van der Waals surface area contributed by atoms with Crippen LogP contribution in [0.15, 0.2) is 28.7 Å². The number of aromatic nitrogens is 2. The Kier molecular flexibility index (Phi) is 9.94. The summed E-state index contributed by atoms with van der Waals surface area (Å²) >= 11 is 0. The van der Waals surface area contributed by atoms with Crippen molar-refractivity contribution in [3.63, 3.8) is 0 Å². The van der Waals surface area contributed by atoms with Gasteiger partial charge in [0.2, 0.25) is 5.91 Å². The molecule has 0 spiro atoms. The number of carbonyl (C=O) groups is 5. The lowest BCUT2D eigenvalue weighted by Gasteiger charge is -2.24. The zero-order valence-electron chi connectivity index (χ0n) is 24.8. The SMILES string of the molecule is COC(=O)C1=CCC2C(COP(=O)(O)OC[C@H]3O[C@@H](n4ccc(NC(C)=O)nc4=O)[C@H](OC(C)=O)[C@@H]3OC(C)=O)C12C(=O)OC. The van der Waals surface area contributed by atoms with Gasteiger partial charge in [-0.25, -0.2) is 14.2 Å². The summed E-state index contributed by atoms with van der Waals surface area (Å²) in [6.45, 7) is 2.12. The van der Waals surface area contributed by atoms with Gasteiger partial charge in [0.25, 0.3) is 0 Å². The van der Waals surface area contributed by atoms with E-state index in [1.165, 1.54) is 19.2 Å². The molecule has 3 aliphatic rings. The summed E-state index contributed by atoms with van der Waals surface area (Å²) in [5, 5.41) is 2.34. The molecule has 1 aliphatic heterocycles. The predicted molar refractivity (Wildman–Crippen MR) is 146 cm³/mol. The minimum Gasteiger partial charge on any atom is -0.468 e. The maximum Gasteiger partial charge on any atom is 0.472 e. The molecule has 45 heavy (non-hydrogen) atoms. The molecule has 0 radical (unpaired) electrons. The Morgan fingerprint density at radius 3 is 2.29 bits per heavy atom. The van der Waals surface area contributed by atoms with Gasteiger partial charge in [-0.3, -0.25) is 32.8 Å². The lowest BCUT2D eigenvalue weighted by Crippen LogP contribution is -2.41. The highest BCUT2D eigenvalue weighted by molar-refractivity contribution is 7.47. The van der Waals surface area contributed by atoms with Gasteiger partial charge < -0.3 is 33.9 Å². The van der Waals surface area contributed by atoms with E-state index in [1.54, 1.807) is 6.08 Å². The van der Waals surface area contributed by atoms with Gasteiger partial charge >= 0.3 is 37.4 Å². The second-order valence-corrected chi connectivity index (χ2v) is 11.8. The van der Waals surface area contributed by atoms with E-state index < -0.39 is 98.3 Å². The summed E-state index contributed by atoms with van der Waals surface area (Å²) in [6.07, 6.45) is -2.61. The lowest BCUT2D eigenvalue weighted by atomic mass is 9.94. The monoisotopic (exact) mass is 657 g/mol. The second kappa shape index (κ2) is 13.2. The van der Waals surface area contributed by atoms with Crippen molar-refractivity contribution < 1.29 is 66.2 Å². The molecule has 2 aliphatic carbocycles. The van der Waals surface area contributed by atoms with Crippen molar-refractivity contribution in [1.29, 1.82) is 0 Å². The molecule has 1 amide bonds. The summed E-state index contributed by atoms with van der Waals surface area (Å²) in [5.74, 6) is -4.78. The van der Waals surface area contributed by atoms with Crippen molar-refractivity contribution in [1.82, 2.24) is 9.55 Å². The van der Waals surface area contributed by atoms with Gasteiger partial charge in [-0.05, 0) is 18.4 Å². The van der Waals surface area contributed by atoms with Gasteiger partial charge in [0.05, 0.1) is 33.0 Å². The van der Waals surface area contributed by atoms with Crippen molar-refractivity contribution in [3.8, 4) is 0 Å². The van der Waals surface area contributed by atoms with Gasteiger partial charge in [-0.2, -0.15) is 4.98 Å². The van der Waals surface area contributed by atoms with Crippen LogP contribution in [0.4, 0.5) is 5.82 Å². The van der Waals surface area contributed by atoms with Gasteiger partial charge in [0.15, 0.2) is 18.4 Å². The van der Waals surface area contributed by atoms with Crippen molar-refractivity contribution >= 4 is 43.4 Å². The number of anilines is 1. The molecule has 18 nitrogen and oxygen atoms in total. The minimum absolute atomic E-state index is 0.0662. The number of nitrogens with one attached hydrogen (secondary N) is 1. The Bertz CT molecular complexity index is 1520. The van der Waals surface area contributed by atoms with E-state index in [0.717, 1.165) is 32.6 Å². The molecule has 1 saturated carbocycles. The fraction of sp³-hybridized carbons (Fsp3) is 0.577. The van der Waals surface area contributed by atoms with Crippen LogP contribution < -0.4 is 11.0 Å².